The summed E-state index contributed by atoms with van der Waals surface area (Å²) < 4.78 is 38.0. The average Bonchev–Trinajstić information content (AvgIpc) is 3.14. The molecular weight excluding hydrogens is 353 g/mol. The monoisotopic (exact) mass is 377 g/mol. The minimum absolute atomic E-state index is 0.110. The normalized spacial score (nSPS) is 14.7. The molecule has 1 saturated heterocycles. The Kier molecular flexibility index (Phi) is 5.48. The maximum absolute atomic E-state index is 14.4. The van der Waals surface area contributed by atoms with E-state index in [9.17, 15) is 12.8 Å². The topological polar surface area (TPSA) is 75.4 Å². The molecule has 1 aliphatic heterocycles. The van der Waals surface area contributed by atoms with Gasteiger partial charge in [-0.05, 0) is 49.1 Å². The zero-order chi connectivity index (χ0) is 18.7. The summed E-state index contributed by atoms with van der Waals surface area (Å²) in [6.45, 7) is 4.00. The van der Waals surface area contributed by atoms with Crippen LogP contribution in [0.3, 0.4) is 0 Å². The Hall–Kier alpha value is -2.12. The number of rotatable bonds is 6. The molecule has 5 nitrogen and oxygen atoms in total. The number of nitrogens with zero attached hydrogens (tertiary/aromatic N) is 1. The highest BCUT2D eigenvalue weighted by Gasteiger charge is 2.18. The number of primary sulfonamides is 1. The van der Waals surface area contributed by atoms with Crippen molar-refractivity contribution in [3.63, 3.8) is 0 Å². The van der Waals surface area contributed by atoms with Crippen molar-refractivity contribution in [3.8, 4) is 0 Å². The molecule has 26 heavy (non-hydrogen) atoms. The summed E-state index contributed by atoms with van der Waals surface area (Å²) in [5.74, 6) is -0.265. The molecule has 0 atom stereocenters. The van der Waals surface area contributed by atoms with E-state index in [0.717, 1.165) is 31.6 Å². The minimum Gasteiger partial charge on any atom is -0.381 e. The zero-order valence-electron chi connectivity index (χ0n) is 14.8. The first kappa shape index (κ1) is 18.7. The van der Waals surface area contributed by atoms with Gasteiger partial charge in [-0.25, -0.2) is 17.9 Å². The first-order valence-electron chi connectivity index (χ1n) is 8.82. The molecule has 3 N–H and O–H groups in total. The van der Waals surface area contributed by atoms with E-state index in [1.54, 1.807) is 18.2 Å². The van der Waals surface area contributed by atoms with Crippen molar-refractivity contribution in [2.75, 3.05) is 23.3 Å². The van der Waals surface area contributed by atoms with E-state index in [2.05, 4.69) is 10.2 Å². The Morgan fingerprint density at radius 3 is 2.58 bits per heavy atom. The minimum atomic E-state index is -3.80. The van der Waals surface area contributed by atoms with Crippen LogP contribution in [0.4, 0.5) is 15.8 Å². The number of sulfonamides is 1. The number of hydrogen-bond donors (Lipinski definition) is 2. The predicted octanol–water partition coefficient (Wildman–Crippen LogP) is 3.25. The second-order valence-corrected chi connectivity index (χ2v) is 8.04. The lowest BCUT2D eigenvalue weighted by atomic mass is 10.1. The second kappa shape index (κ2) is 7.63. The molecule has 0 amide bonds. The summed E-state index contributed by atoms with van der Waals surface area (Å²) in [7, 11) is -3.80. The largest absolute Gasteiger partial charge is 0.381 e. The third-order valence-electron chi connectivity index (χ3n) is 4.76. The van der Waals surface area contributed by atoms with E-state index in [1.807, 2.05) is 13.0 Å². The average molecular weight is 377 g/mol. The standard InChI is InChI=1S/C19H24FN3O2S/c1-2-14-8-9-15(12-19(14)26(21,24)25)22-13-16-17(20)6-5-7-18(16)23-10-3-4-11-23/h5-9,12,22H,2-4,10-11,13H2,1H3,(H2,21,24,25). The highest BCUT2D eigenvalue weighted by Crippen LogP contribution is 2.28. The number of aryl methyl sites for hydroxylation is 1. The van der Waals surface area contributed by atoms with Crippen LogP contribution in [0.25, 0.3) is 0 Å². The molecular formula is C19H24FN3O2S. The molecule has 3 rings (SSSR count). The SMILES string of the molecule is CCc1ccc(NCc2c(F)cccc2N2CCCC2)cc1S(N)(=O)=O. The Labute approximate surface area is 154 Å². The highest BCUT2D eigenvalue weighted by molar-refractivity contribution is 7.89. The maximum atomic E-state index is 14.4. The molecule has 2 aromatic carbocycles. The van der Waals surface area contributed by atoms with Crippen LogP contribution in [0.5, 0.6) is 0 Å². The number of anilines is 2. The summed E-state index contributed by atoms with van der Waals surface area (Å²) in [5.41, 5.74) is 2.75. The molecule has 0 unspecified atom stereocenters. The molecule has 0 spiro atoms. The number of hydrogen-bond acceptors (Lipinski definition) is 4. The van der Waals surface area contributed by atoms with E-state index in [-0.39, 0.29) is 17.3 Å². The first-order valence-corrected chi connectivity index (χ1v) is 10.4. The van der Waals surface area contributed by atoms with Gasteiger partial charge in [-0.3, -0.25) is 0 Å². The van der Waals surface area contributed by atoms with Crippen LogP contribution in [-0.4, -0.2) is 21.5 Å². The summed E-state index contributed by atoms with van der Waals surface area (Å²) >= 11 is 0. The van der Waals surface area contributed by atoms with Crippen LogP contribution in [0.1, 0.15) is 30.9 Å². The lowest BCUT2D eigenvalue weighted by Crippen LogP contribution is -2.21. The molecule has 0 bridgehead atoms. The van der Waals surface area contributed by atoms with Gasteiger partial charge in [0.1, 0.15) is 5.82 Å². The molecule has 0 saturated carbocycles. The molecule has 1 fully saturated rings. The number of halogens is 1. The van der Waals surface area contributed by atoms with Crippen LogP contribution < -0.4 is 15.4 Å². The summed E-state index contributed by atoms with van der Waals surface area (Å²) in [6.07, 6.45) is 2.79. The Bertz CT molecular complexity index is 894. The van der Waals surface area contributed by atoms with E-state index in [4.69, 9.17) is 5.14 Å². The third kappa shape index (κ3) is 3.99. The van der Waals surface area contributed by atoms with Gasteiger partial charge in [0.25, 0.3) is 0 Å². The Morgan fingerprint density at radius 1 is 1.19 bits per heavy atom. The van der Waals surface area contributed by atoms with Crippen LogP contribution in [-0.2, 0) is 23.0 Å². The van der Waals surface area contributed by atoms with E-state index in [1.165, 1.54) is 12.1 Å². The molecule has 0 aromatic heterocycles. The number of nitrogens with two attached hydrogens (primary N) is 1. The van der Waals surface area contributed by atoms with Crippen molar-refractivity contribution in [1.29, 1.82) is 0 Å². The Morgan fingerprint density at radius 2 is 1.92 bits per heavy atom. The van der Waals surface area contributed by atoms with Crippen molar-refractivity contribution in [2.24, 2.45) is 5.14 Å². The van der Waals surface area contributed by atoms with Crippen LogP contribution in [0, 0.1) is 5.82 Å². The van der Waals surface area contributed by atoms with Crippen LogP contribution in [0.15, 0.2) is 41.3 Å². The molecule has 7 heteroatoms. The van der Waals surface area contributed by atoms with Gasteiger partial charge in [-0.1, -0.05) is 19.1 Å². The fourth-order valence-electron chi connectivity index (χ4n) is 3.39. The summed E-state index contributed by atoms with van der Waals surface area (Å²) in [4.78, 5) is 2.30. The molecule has 0 aliphatic carbocycles. The summed E-state index contributed by atoms with van der Waals surface area (Å²) in [6, 6.07) is 10.2. The van der Waals surface area contributed by atoms with Crippen molar-refractivity contribution in [3.05, 3.63) is 53.3 Å². The lowest BCUT2D eigenvalue weighted by molar-refractivity contribution is 0.596. The van der Waals surface area contributed by atoms with Crippen molar-refractivity contribution < 1.29 is 12.8 Å². The van der Waals surface area contributed by atoms with Gasteiger partial charge in [0.15, 0.2) is 0 Å². The van der Waals surface area contributed by atoms with Crippen LogP contribution in [0.2, 0.25) is 0 Å². The van der Waals surface area contributed by atoms with E-state index < -0.39 is 10.0 Å². The molecule has 2 aromatic rings. The zero-order valence-corrected chi connectivity index (χ0v) is 15.7. The molecule has 1 heterocycles. The van der Waals surface area contributed by atoms with Gasteiger partial charge in [0, 0.05) is 36.6 Å². The third-order valence-corrected chi connectivity index (χ3v) is 5.76. The first-order chi connectivity index (χ1) is 12.4. The van der Waals surface area contributed by atoms with E-state index >= 15 is 0 Å². The second-order valence-electron chi connectivity index (χ2n) is 6.51. The summed E-state index contributed by atoms with van der Waals surface area (Å²) in [5, 5.41) is 8.46. The van der Waals surface area contributed by atoms with Gasteiger partial charge in [-0.15, -0.1) is 0 Å². The lowest BCUT2D eigenvalue weighted by Gasteiger charge is -2.22. The van der Waals surface area contributed by atoms with Gasteiger partial charge < -0.3 is 10.2 Å². The van der Waals surface area contributed by atoms with Crippen molar-refractivity contribution >= 4 is 21.4 Å². The fourth-order valence-corrected chi connectivity index (χ4v) is 4.26. The highest BCUT2D eigenvalue weighted by atomic mass is 32.2. The molecule has 140 valence electrons. The predicted molar refractivity (Wildman–Crippen MR) is 102 cm³/mol. The quantitative estimate of drug-likeness (QED) is 0.810. The fraction of sp³-hybridized carbons (Fsp3) is 0.368. The molecule has 0 radical (unpaired) electrons. The van der Waals surface area contributed by atoms with E-state index in [0.29, 0.717) is 23.2 Å². The smallest absolute Gasteiger partial charge is 0.238 e. The Balaban J connectivity index is 1.86. The number of benzene rings is 2. The number of nitrogens with one attached hydrogen (secondary N) is 1. The van der Waals surface area contributed by atoms with Crippen molar-refractivity contribution in [1.82, 2.24) is 0 Å². The van der Waals surface area contributed by atoms with Gasteiger partial charge in [0.05, 0.1) is 4.90 Å². The van der Waals surface area contributed by atoms with Gasteiger partial charge in [0.2, 0.25) is 10.0 Å². The maximum Gasteiger partial charge on any atom is 0.238 e. The molecule has 1 aliphatic rings. The van der Waals surface area contributed by atoms with Gasteiger partial charge in [-0.2, -0.15) is 0 Å². The van der Waals surface area contributed by atoms with Gasteiger partial charge >= 0.3 is 0 Å². The van der Waals surface area contributed by atoms with Crippen molar-refractivity contribution in [2.45, 2.75) is 37.6 Å². The van der Waals surface area contributed by atoms with Crippen LogP contribution >= 0.6 is 0 Å².